The number of fused-ring (bicyclic) bond motifs is 10. The summed E-state index contributed by atoms with van der Waals surface area (Å²) < 4.78 is 4.83. The van der Waals surface area contributed by atoms with Gasteiger partial charge in [-0.1, -0.05) is 309 Å². The fraction of sp³-hybridized carbons (Fsp3) is 0.0408. The van der Waals surface area contributed by atoms with Gasteiger partial charge in [-0.15, -0.1) is 0 Å². The fourth-order valence-corrected chi connectivity index (χ4v) is 16.2. The molecule has 0 radical (unpaired) electrons. The number of hydrogen-bond donors (Lipinski definition) is 0. The standard InChI is InChI=1S/C52H37N.C46H33N/c1-2-53-49-24-14-13-19-43(49)48-34-39(29-30-50(48)53)37-25-27-38(28-26-37)51-44-20-9-11-22-46(44)52(47-23-12-10-21-45(47)51)42-32-40(35-15-5-3-6-16-35)31-41(33-42)36-17-7-4-8-18-36;1-2-47-43-23-13-12-17-36(43)42-30-34(28-29-44(42)47)31-24-26-33(27-25-31)45-38-19-8-10-21-40(38)46(41-22-11-9-20-39(41)45)37-18-7-6-16-35(37)32-14-4-3-5-15-32/h3-34H,2H2,1H3;3-30H,2H2,1H3. The van der Waals surface area contributed by atoms with Crippen LogP contribution in [0.15, 0.2) is 364 Å². The van der Waals surface area contributed by atoms with Crippen molar-refractivity contribution in [3.63, 3.8) is 0 Å². The molecule has 0 N–H and O–H groups in total. The maximum absolute atomic E-state index is 2.41. The second-order valence-electron chi connectivity index (χ2n) is 26.3. The number of aryl methyl sites for hydroxylation is 2. The van der Waals surface area contributed by atoms with Crippen LogP contribution in [0.2, 0.25) is 0 Å². The molecule has 2 nitrogen and oxygen atoms in total. The van der Waals surface area contributed by atoms with Crippen LogP contribution in [0.1, 0.15) is 13.8 Å². The Morgan fingerprint density at radius 2 is 0.420 bits per heavy atom. The summed E-state index contributed by atoms with van der Waals surface area (Å²) in [6, 6.07) is 134. The molecule has 0 saturated carbocycles. The van der Waals surface area contributed by atoms with E-state index in [0.717, 1.165) is 13.1 Å². The maximum atomic E-state index is 2.41. The van der Waals surface area contributed by atoms with Gasteiger partial charge in [0.25, 0.3) is 0 Å². The van der Waals surface area contributed by atoms with E-state index in [1.54, 1.807) is 0 Å². The molecule has 0 bridgehead atoms. The number of hydrogen-bond acceptors (Lipinski definition) is 0. The minimum atomic E-state index is 0.950. The predicted octanol–water partition coefficient (Wildman–Crippen LogP) is 27.2. The first-order valence-electron chi connectivity index (χ1n) is 35.1. The van der Waals surface area contributed by atoms with Gasteiger partial charge in [0.15, 0.2) is 0 Å². The summed E-state index contributed by atoms with van der Waals surface area (Å²) in [7, 11) is 0. The summed E-state index contributed by atoms with van der Waals surface area (Å²) in [4.78, 5) is 0. The highest BCUT2D eigenvalue weighted by molar-refractivity contribution is 6.24. The largest absolute Gasteiger partial charge is 0.341 e. The molecule has 0 saturated heterocycles. The van der Waals surface area contributed by atoms with Crippen LogP contribution in [0.3, 0.4) is 0 Å². The minimum Gasteiger partial charge on any atom is -0.341 e. The van der Waals surface area contributed by atoms with E-state index in [4.69, 9.17) is 0 Å². The van der Waals surface area contributed by atoms with E-state index in [1.807, 2.05) is 0 Å². The number of para-hydroxylation sites is 2. The Kier molecular flexibility index (Phi) is 15.2. The van der Waals surface area contributed by atoms with Gasteiger partial charge in [-0.2, -0.15) is 0 Å². The van der Waals surface area contributed by atoms with Gasteiger partial charge in [0.05, 0.1) is 0 Å². The zero-order valence-electron chi connectivity index (χ0n) is 55.9. The van der Waals surface area contributed by atoms with Crippen molar-refractivity contribution in [3.8, 4) is 100 Å². The summed E-state index contributed by atoms with van der Waals surface area (Å²) in [6.07, 6.45) is 0. The number of nitrogens with zero attached hydrogens (tertiary/aromatic N) is 2. The van der Waals surface area contributed by atoms with Gasteiger partial charge in [-0.25, -0.2) is 0 Å². The Balaban J connectivity index is 0.000000145. The molecule has 0 unspecified atom stereocenters. The van der Waals surface area contributed by atoms with Crippen molar-refractivity contribution in [1.29, 1.82) is 0 Å². The van der Waals surface area contributed by atoms with Crippen LogP contribution in [0.5, 0.6) is 0 Å². The zero-order valence-corrected chi connectivity index (χ0v) is 55.9. The Morgan fingerprint density at radius 1 is 0.160 bits per heavy atom. The Labute approximate surface area is 583 Å². The van der Waals surface area contributed by atoms with E-state index in [2.05, 4.69) is 387 Å². The van der Waals surface area contributed by atoms with Crippen molar-refractivity contribution in [3.05, 3.63) is 364 Å². The maximum Gasteiger partial charge on any atom is 0.0491 e. The van der Waals surface area contributed by atoms with E-state index < -0.39 is 0 Å². The first-order valence-corrected chi connectivity index (χ1v) is 35.1. The lowest BCUT2D eigenvalue weighted by atomic mass is 9.83. The molecule has 2 heterocycles. The molecule has 100 heavy (non-hydrogen) atoms. The highest BCUT2D eigenvalue weighted by Crippen LogP contribution is 2.49. The molecule has 2 heteroatoms. The normalized spacial score (nSPS) is 11.6. The average Bonchev–Trinajstić information content (AvgIpc) is 1.10. The van der Waals surface area contributed by atoms with Crippen LogP contribution >= 0.6 is 0 Å². The fourth-order valence-electron chi connectivity index (χ4n) is 16.2. The highest BCUT2D eigenvalue weighted by atomic mass is 15.0. The quantitative estimate of drug-likeness (QED) is 0.114. The molecule has 0 aliphatic rings. The summed E-state index contributed by atoms with van der Waals surface area (Å²) >= 11 is 0. The molecular formula is C98H70N2. The second-order valence-corrected chi connectivity index (χ2v) is 26.3. The number of rotatable bonds is 11. The SMILES string of the molecule is CCn1c2ccccc2c2cc(-c3ccc(-c4c5ccccc5c(-c5cc(-c6ccccc6)cc(-c6ccccc6)c5)c5ccccc45)cc3)ccc21.CCn1c2ccccc2c2cc(-c3ccc(-c4c5ccccc5c(-c5ccccc5-c5ccccc5)c5ccccc45)cc3)ccc21. The summed E-state index contributed by atoms with van der Waals surface area (Å²) in [5, 5.41) is 15.4. The molecule has 0 atom stereocenters. The van der Waals surface area contributed by atoms with Crippen LogP contribution in [0, 0.1) is 0 Å². The van der Waals surface area contributed by atoms with Crippen molar-refractivity contribution >= 4 is 86.7 Å². The van der Waals surface area contributed by atoms with Crippen LogP contribution < -0.4 is 0 Å². The molecule has 19 rings (SSSR count). The van der Waals surface area contributed by atoms with Gasteiger partial charge in [-0.05, 0) is 212 Å². The molecule has 0 amide bonds. The molecule has 0 aliphatic heterocycles. The van der Waals surface area contributed by atoms with Gasteiger partial charge >= 0.3 is 0 Å². The van der Waals surface area contributed by atoms with Gasteiger partial charge in [0.1, 0.15) is 0 Å². The van der Waals surface area contributed by atoms with Crippen molar-refractivity contribution in [1.82, 2.24) is 9.13 Å². The number of aromatic nitrogens is 2. The van der Waals surface area contributed by atoms with Crippen LogP contribution in [-0.4, -0.2) is 9.13 Å². The molecule has 0 spiro atoms. The zero-order chi connectivity index (χ0) is 66.6. The molecule has 17 aromatic carbocycles. The van der Waals surface area contributed by atoms with E-state index >= 15 is 0 Å². The summed E-state index contributed by atoms with van der Waals surface area (Å²) in [5.74, 6) is 0. The van der Waals surface area contributed by atoms with Gasteiger partial charge < -0.3 is 9.13 Å². The lowest BCUT2D eigenvalue weighted by Crippen LogP contribution is -1.93. The summed E-state index contributed by atoms with van der Waals surface area (Å²) in [5.41, 5.74) is 27.5. The summed E-state index contributed by atoms with van der Waals surface area (Å²) in [6.45, 7) is 6.35. The number of benzene rings is 17. The van der Waals surface area contributed by atoms with Crippen LogP contribution in [0.4, 0.5) is 0 Å². The monoisotopic (exact) mass is 1270 g/mol. The molecule has 19 aromatic rings. The third-order valence-electron chi connectivity index (χ3n) is 20.8. The second kappa shape index (κ2) is 25.4. The Morgan fingerprint density at radius 3 is 0.800 bits per heavy atom. The highest BCUT2D eigenvalue weighted by Gasteiger charge is 2.22. The predicted molar refractivity (Wildman–Crippen MR) is 429 cm³/mol. The van der Waals surface area contributed by atoms with E-state index in [1.165, 1.54) is 187 Å². The molecule has 0 aliphatic carbocycles. The molecule has 2 aromatic heterocycles. The third kappa shape index (κ3) is 10.3. The molecule has 0 fully saturated rings. The Hall–Kier alpha value is -12.6. The van der Waals surface area contributed by atoms with Crippen molar-refractivity contribution in [2.75, 3.05) is 0 Å². The Bertz CT molecular complexity index is 6140. The van der Waals surface area contributed by atoms with Gasteiger partial charge in [0.2, 0.25) is 0 Å². The van der Waals surface area contributed by atoms with Crippen LogP contribution in [0.25, 0.3) is 187 Å². The lowest BCUT2D eigenvalue weighted by molar-refractivity contribution is 0.827. The van der Waals surface area contributed by atoms with Gasteiger partial charge in [-0.3, -0.25) is 0 Å². The van der Waals surface area contributed by atoms with Crippen molar-refractivity contribution < 1.29 is 0 Å². The molecule has 472 valence electrons. The lowest BCUT2D eigenvalue weighted by Gasteiger charge is -2.19. The van der Waals surface area contributed by atoms with E-state index in [-0.39, 0.29) is 0 Å². The van der Waals surface area contributed by atoms with Crippen molar-refractivity contribution in [2.45, 2.75) is 26.9 Å². The van der Waals surface area contributed by atoms with E-state index in [9.17, 15) is 0 Å². The average molecular weight is 1280 g/mol. The first-order chi connectivity index (χ1) is 49.5. The van der Waals surface area contributed by atoms with E-state index in [0.29, 0.717) is 0 Å². The topological polar surface area (TPSA) is 9.86 Å². The van der Waals surface area contributed by atoms with Crippen molar-refractivity contribution in [2.24, 2.45) is 0 Å². The first kappa shape index (κ1) is 59.8. The minimum absolute atomic E-state index is 0.950. The van der Waals surface area contributed by atoms with Crippen LogP contribution in [-0.2, 0) is 13.1 Å². The van der Waals surface area contributed by atoms with Gasteiger partial charge in [0, 0.05) is 56.7 Å². The smallest absolute Gasteiger partial charge is 0.0491 e. The molecular weight excluding hydrogens is 1210 g/mol. The third-order valence-corrected chi connectivity index (χ3v) is 20.8.